The van der Waals surface area contributed by atoms with Gasteiger partial charge in [-0.25, -0.2) is 0 Å². The fraction of sp³-hybridized carbons (Fsp3) is 0.143. The first-order valence-corrected chi connectivity index (χ1v) is 5.41. The number of fused-ring (bicyclic) bond motifs is 1. The van der Waals surface area contributed by atoms with Crippen LogP contribution in [0.5, 0.6) is 0 Å². The first-order chi connectivity index (χ1) is 7.86. The molecule has 0 bridgehead atoms. The maximum atomic E-state index is 3.23. The second-order valence-corrected chi connectivity index (χ2v) is 4.00. The summed E-state index contributed by atoms with van der Waals surface area (Å²) in [7, 11) is 2.09. The molecule has 17 heavy (non-hydrogen) atoms. The molecule has 80 valence electrons. The Balaban J connectivity index is 0.00000108. The maximum Gasteiger partial charge on any atom is 2.00 e. The minimum Gasteiger partial charge on any atom is -0.518 e. The average molecular weight is 275 g/mol. The van der Waals surface area contributed by atoms with E-state index in [0.717, 1.165) is 0 Å². The summed E-state index contributed by atoms with van der Waals surface area (Å²) in [5.74, 6) is 0. The molecule has 2 nitrogen and oxygen atoms in total. The molecule has 1 aliphatic rings. The summed E-state index contributed by atoms with van der Waals surface area (Å²) in [6.07, 6.45) is 5.28. The van der Waals surface area contributed by atoms with Gasteiger partial charge in [-0.2, -0.15) is 12.6 Å². The number of anilines is 1. The number of hydrogen-bond donors (Lipinski definition) is 0. The predicted molar refractivity (Wildman–Crippen MR) is 62.8 cm³/mol. The fourth-order valence-electron chi connectivity index (χ4n) is 2.20. The number of rotatable bonds is 1. The second-order valence-electron chi connectivity index (χ2n) is 4.00. The zero-order valence-corrected chi connectivity index (χ0v) is 12.8. The molecule has 0 N–H and O–H groups in total. The van der Waals surface area contributed by atoms with E-state index < -0.39 is 0 Å². The molecule has 0 saturated heterocycles. The van der Waals surface area contributed by atoms with Gasteiger partial charge >= 0.3 is 19.5 Å². The van der Waals surface area contributed by atoms with Crippen molar-refractivity contribution >= 4 is 5.69 Å². The fourth-order valence-corrected chi connectivity index (χ4v) is 2.20. The molecule has 3 rings (SSSR count). The topological polar surface area (TPSA) is 7.12 Å². The molecule has 0 saturated carbocycles. The number of likely N-dealkylation sites (N-methyl/N-ethyl adjacent to an activating group) is 1. The van der Waals surface area contributed by atoms with Gasteiger partial charge in [0.05, 0.1) is 12.2 Å². The van der Waals surface area contributed by atoms with Crippen LogP contribution in [0.25, 0.3) is 0 Å². The zero-order chi connectivity index (χ0) is 11.0. The molecule has 0 fully saturated rings. The van der Waals surface area contributed by atoms with Crippen LogP contribution in [-0.2, 0) is 19.5 Å². The standard InChI is InChI=1S/C14H13N2.Zn/c1-15-11-14(16-9-5-2-6-10-16)12-7-3-4-8-13(12)15;/h2-9,11,14H,1H3;/q-1;+2. The van der Waals surface area contributed by atoms with Gasteiger partial charge in [-0.15, -0.1) is 12.1 Å². The summed E-state index contributed by atoms with van der Waals surface area (Å²) >= 11 is 0. The van der Waals surface area contributed by atoms with Crippen molar-refractivity contribution in [2.75, 3.05) is 11.9 Å². The molecule has 2 heterocycles. The van der Waals surface area contributed by atoms with E-state index in [-0.39, 0.29) is 25.5 Å². The van der Waals surface area contributed by atoms with Crippen LogP contribution in [0.15, 0.2) is 48.7 Å². The average Bonchev–Trinajstić information content (AvgIpc) is 2.69. The molecular weight excluding hydrogens is 262 g/mol. The molecule has 1 aliphatic heterocycles. The second kappa shape index (κ2) is 4.97. The Morgan fingerprint density at radius 1 is 1.24 bits per heavy atom. The summed E-state index contributed by atoms with van der Waals surface area (Å²) in [6.45, 7) is 2.21. The van der Waals surface area contributed by atoms with Crippen LogP contribution < -0.4 is 9.47 Å². The number of hydrogen-bond acceptors (Lipinski definition) is 1. The molecule has 2 aromatic rings. The van der Waals surface area contributed by atoms with E-state index in [1.54, 1.807) is 0 Å². The Kier molecular flexibility index (Phi) is 3.58. The zero-order valence-electron chi connectivity index (χ0n) is 9.88. The van der Waals surface area contributed by atoms with E-state index in [4.69, 9.17) is 0 Å². The monoisotopic (exact) mass is 273 g/mol. The van der Waals surface area contributed by atoms with Gasteiger partial charge < -0.3 is 9.47 Å². The van der Waals surface area contributed by atoms with Crippen molar-refractivity contribution in [2.24, 2.45) is 0 Å². The number of aromatic nitrogens is 1. The predicted octanol–water partition coefficient (Wildman–Crippen LogP) is 1.97. The minimum absolute atomic E-state index is 0. The van der Waals surface area contributed by atoms with Crippen LogP contribution in [0, 0.1) is 12.7 Å². The van der Waals surface area contributed by atoms with Gasteiger partial charge in [0.15, 0.2) is 0 Å². The van der Waals surface area contributed by atoms with Crippen LogP contribution in [0.2, 0.25) is 0 Å². The van der Waals surface area contributed by atoms with E-state index in [2.05, 4.69) is 59.7 Å². The minimum atomic E-state index is 0. The van der Waals surface area contributed by atoms with Crippen LogP contribution >= 0.6 is 0 Å². The third-order valence-electron chi connectivity index (χ3n) is 2.98. The Hall–Kier alpha value is -1.21. The summed E-state index contributed by atoms with van der Waals surface area (Å²) in [5.41, 5.74) is 2.61. The van der Waals surface area contributed by atoms with E-state index in [9.17, 15) is 0 Å². The molecule has 1 unspecified atom stereocenters. The van der Waals surface area contributed by atoms with Gasteiger partial charge in [0.25, 0.3) is 0 Å². The Morgan fingerprint density at radius 3 is 2.82 bits per heavy atom. The molecule has 1 atom stereocenters. The van der Waals surface area contributed by atoms with Gasteiger partial charge in [-0.3, -0.25) is 0 Å². The molecule has 1 aromatic carbocycles. The quantitative estimate of drug-likeness (QED) is 0.438. The number of benzene rings is 1. The molecule has 0 amide bonds. The molecular formula is C14H13N2Zn+. The number of pyridine rings is 1. The van der Waals surface area contributed by atoms with Crippen molar-refractivity contribution in [2.45, 2.75) is 6.04 Å². The first-order valence-electron chi connectivity index (χ1n) is 5.41. The van der Waals surface area contributed by atoms with Crippen molar-refractivity contribution in [3.05, 3.63) is 67.0 Å². The van der Waals surface area contributed by atoms with Crippen LogP contribution in [0.3, 0.4) is 0 Å². The van der Waals surface area contributed by atoms with Crippen LogP contribution in [-0.4, -0.2) is 7.05 Å². The molecule has 0 spiro atoms. The van der Waals surface area contributed by atoms with E-state index in [1.807, 2.05) is 18.2 Å². The Morgan fingerprint density at radius 2 is 2.06 bits per heavy atom. The van der Waals surface area contributed by atoms with Gasteiger partial charge in [-0.1, -0.05) is 18.2 Å². The Labute approximate surface area is 115 Å². The van der Waals surface area contributed by atoms with Crippen LogP contribution in [0.4, 0.5) is 5.69 Å². The molecule has 0 aliphatic carbocycles. The normalized spacial score (nSPS) is 17.5. The van der Waals surface area contributed by atoms with Gasteiger partial charge in [0, 0.05) is 11.3 Å². The summed E-state index contributed by atoms with van der Waals surface area (Å²) in [4.78, 5) is 2.17. The summed E-state index contributed by atoms with van der Waals surface area (Å²) in [5, 5.41) is 0. The molecule has 3 heteroatoms. The Bertz CT molecular complexity index is 499. The smallest absolute Gasteiger partial charge is 0.518 e. The summed E-state index contributed by atoms with van der Waals surface area (Å²) < 4.78 is 2.10. The van der Waals surface area contributed by atoms with Crippen molar-refractivity contribution in [3.8, 4) is 0 Å². The third-order valence-corrected chi connectivity index (χ3v) is 2.98. The first kappa shape index (κ1) is 12.3. The van der Waals surface area contributed by atoms with Crippen molar-refractivity contribution in [1.29, 1.82) is 0 Å². The SMILES string of the molecule is CN1[CH-]C([n+]2[c-]cccc2)c2ccccc21.[Zn+2]. The van der Waals surface area contributed by atoms with Gasteiger partial charge in [0.2, 0.25) is 0 Å². The number of nitrogens with zero attached hydrogens (tertiary/aromatic N) is 2. The number of para-hydroxylation sites is 1. The molecule has 1 aromatic heterocycles. The van der Waals surface area contributed by atoms with E-state index in [0.29, 0.717) is 0 Å². The van der Waals surface area contributed by atoms with Crippen molar-refractivity contribution < 1.29 is 24.0 Å². The van der Waals surface area contributed by atoms with Crippen LogP contribution in [0.1, 0.15) is 11.6 Å². The van der Waals surface area contributed by atoms with Crippen molar-refractivity contribution in [1.82, 2.24) is 0 Å². The molecule has 0 radical (unpaired) electrons. The van der Waals surface area contributed by atoms with E-state index >= 15 is 0 Å². The largest absolute Gasteiger partial charge is 2.00 e. The van der Waals surface area contributed by atoms with Gasteiger partial charge in [0.1, 0.15) is 6.20 Å². The third kappa shape index (κ3) is 2.12. The van der Waals surface area contributed by atoms with Gasteiger partial charge in [-0.05, 0) is 13.1 Å². The maximum absolute atomic E-state index is 3.23. The summed E-state index contributed by atoms with van der Waals surface area (Å²) in [6, 6.07) is 14.7. The van der Waals surface area contributed by atoms with E-state index in [1.165, 1.54) is 11.3 Å². The van der Waals surface area contributed by atoms with Crippen molar-refractivity contribution in [3.63, 3.8) is 0 Å².